The highest BCUT2D eigenvalue weighted by Crippen LogP contribution is 2.37. The van der Waals surface area contributed by atoms with E-state index in [1.807, 2.05) is 43.3 Å². The molecule has 1 aliphatic rings. The van der Waals surface area contributed by atoms with Gasteiger partial charge in [0, 0.05) is 11.3 Å². The summed E-state index contributed by atoms with van der Waals surface area (Å²) in [4.78, 5) is 25.4. The smallest absolute Gasteiger partial charge is 0.338 e. The fourth-order valence-corrected chi connectivity index (χ4v) is 5.25. The van der Waals surface area contributed by atoms with Crippen molar-refractivity contribution >= 4 is 51.4 Å². The summed E-state index contributed by atoms with van der Waals surface area (Å²) >= 11 is 8.86. The number of carbonyl (C=O) groups is 2. The molecule has 0 fully saturated rings. The van der Waals surface area contributed by atoms with Gasteiger partial charge < -0.3 is 29.6 Å². The molecule has 10 nitrogen and oxygen atoms in total. The van der Waals surface area contributed by atoms with Crippen LogP contribution in [0, 0.1) is 6.92 Å². The molecule has 44 heavy (non-hydrogen) atoms. The molecular weight excluding hydrogens is 648 g/mol. The van der Waals surface area contributed by atoms with Crippen molar-refractivity contribution in [3.05, 3.63) is 98.7 Å². The van der Waals surface area contributed by atoms with E-state index in [4.69, 9.17) is 31.2 Å². The number of benzene rings is 3. The minimum Gasteiger partial charge on any atom is -0.493 e. The summed E-state index contributed by atoms with van der Waals surface area (Å²) in [6, 6.07) is 18.1. The number of hydrogen-bond acceptors (Lipinski definition) is 8. The van der Waals surface area contributed by atoms with Gasteiger partial charge in [0.05, 0.1) is 36.0 Å². The molecule has 1 atom stereocenters. The SMILES string of the molecule is CCOC(=O)C1=C(C)NC(=S)N[C@@H]1c1ccccc1OCC(=O)NN=Cc1cc(Br)c(OCc2ccc(C)cc2)c(OC)c1. The summed E-state index contributed by atoms with van der Waals surface area (Å²) < 4.78 is 23.3. The molecule has 0 unspecified atom stereocenters. The number of nitrogens with one attached hydrogen (secondary N) is 3. The highest BCUT2D eigenvalue weighted by atomic mass is 79.9. The lowest BCUT2D eigenvalue weighted by molar-refractivity contribution is -0.139. The van der Waals surface area contributed by atoms with Gasteiger partial charge in [0.25, 0.3) is 5.91 Å². The number of halogens is 1. The number of amides is 1. The first-order chi connectivity index (χ1) is 21.2. The number of ether oxygens (including phenoxy) is 4. The zero-order valence-corrected chi connectivity index (χ0v) is 27.1. The summed E-state index contributed by atoms with van der Waals surface area (Å²) in [7, 11) is 1.55. The average molecular weight is 682 g/mol. The summed E-state index contributed by atoms with van der Waals surface area (Å²) in [5, 5.41) is 10.5. The largest absolute Gasteiger partial charge is 0.493 e. The molecule has 12 heteroatoms. The average Bonchev–Trinajstić information content (AvgIpc) is 3.00. The molecule has 1 amide bonds. The lowest BCUT2D eigenvalue weighted by Gasteiger charge is -2.30. The van der Waals surface area contributed by atoms with Gasteiger partial charge in [0.2, 0.25) is 0 Å². The van der Waals surface area contributed by atoms with Crippen LogP contribution in [0.3, 0.4) is 0 Å². The van der Waals surface area contributed by atoms with Crippen LogP contribution in [0.15, 0.2) is 81.5 Å². The maximum absolute atomic E-state index is 12.8. The van der Waals surface area contributed by atoms with Crippen LogP contribution in [0.4, 0.5) is 0 Å². The normalized spacial score (nSPS) is 14.5. The maximum Gasteiger partial charge on any atom is 0.338 e. The molecule has 0 radical (unpaired) electrons. The quantitative estimate of drug-likeness (QED) is 0.102. The number of allylic oxidation sites excluding steroid dienone is 1. The highest BCUT2D eigenvalue weighted by molar-refractivity contribution is 9.10. The second-order valence-electron chi connectivity index (χ2n) is 9.72. The van der Waals surface area contributed by atoms with Crippen molar-refractivity contribution in [2.24, 2.45) is 5.10 Å². The lowest BCUT2D eigenvalue weighted by Crippen LogP contribution is -2.45. The number of aryl methyl sites for hydroxylation is 1. The Balaban J connectivity index is 1.39. The topological polar surface area (TPSA) is 120 Å². The standard InChI is InChI=1S/C32H33BrN4O6S/c1-5-41-31(39)28-20(3)35-32(44)36-29(28)23-8-6-7-9-25(23)42-18-27(38)37-34-16-22-14-24(33)30(26(15-22)40-4)43-17-21-12-10-19(2)11-13-21/h6-16,29H,5,17-18H2,1-4H3,(H,37,38)(H2,35,36,44)/t29-/m1/s1. The number of hydrogen-bond donors (Lipinski definition) is 3. The van der Waals surface area contributed by atoms with Crippen LogP contribution in [0.1, 0.15) is 42.1 Å². The van der Waals surface area contributed by atoms with Crippen LogP contribution in [0.5, 0.6) is 17.2 Å². The first kappa shape index (κ1) is 32.5. The fourth-order valence-electron chi connectivity index (χ4n) is 4.41. The first-order valence-corrected chi connectivity index (χ1v) is 14.9. The van der Waals surface area contributed by atoms with E-state index in [2.05, 4.69) is 37.1 Å². The summed E-state index contributed by atoms with van der Waals surface area (Å²) in [6.07, 6.45) is 1.49. The molecule has 0 bridgehead atoms. The Morgan fingerprint density at radius 3 is 2.55 bits per heavy atom. The number of hydrazone groups is 1. The number of thiocarbonyl (C=S) groups is 1. The van der Waals surface area contributed by atoms with Gasteiger partial charge in [-0.1, -0.05) is 48.0 Å². The predicted molar refractivity (Wildman–Crippen MR) is 175 cm³/mol. The second kappa shape index (κ2) is 15.3. The Bertz CT molecular complexity index is 1590. The summed E-state index contributed by atoms with van der Waals surface area (Å²) in [5.41, 5.74) is 6.92. The molecule has 3 aromatic carbocycles. The number of esters is 1. The third-order valence-electron chi connectivity index (χ3n) is 6.51. The molecule has 0 saturated carbocycles. The molecule has 0 spiro atoms. The number of rotatable bonds is 12. The molecule has 0 aliphatic carbocycles. The van der Waals surface area contributed by atoms with Crippen LogP contribution in [-0.2, 0) is 20.9 Å². The Morgan fingerprint density at radius 1 is 1.07 bits per heavy atom. The minimum absolute atomic E-state index is 0.224. The van der Waals surface area contributed by atoms with Gasteiger partial charge in [-0.25, -0.2) is 10.2 Å². The molecule has 3 N–H and O–H groups in total. The van der Waals surface area contributed by atoms with E-state index in [0.29, 0.717) is 55.8 Å². The lowest BCUT2D eigenvalue weighted by atomic mass is 9.95. The van der Waals surface area contributed by atoms with Gasteiger partial charge in [-0.15, -0.1) is 0 Å². The van der Waals surface area contributed by atoms with E-state index in [9.17, 15) is 9.59 Å². The first-order valence-electron chi connectivity index (χ1n) is 13.7. The van der Waals surface area contributed by atoms with E-state index < -0.39 is 17.9 Å². The molecule has 0 saturated heterocycles. The van der Waals surface area contributed by atoms with Crippen molar-refractivity contribution in [3.63, 3.8) is 0 Å². The van der Waals surface area contributed by atoms with Gasteiger partial charge in [-0.3, -0.25) is 4.79 Å². The molecular formula is C32H33BrN4O6S. The van der Waals surface area contributed by atoms with Crippen molar-refractivity contribution in [3.8, 4) is 17.2 Å². The third kappa shape index (κ3) is 8.35. The van der Waals surface area contributed by atoms with Gasteiger partial charge in [-0.2, -0.15) is 5.10 Å². The third-order valence-corrected chi connectivity index (χ3v) is 7.32. The molecule has 1 heterocycles. The van der Waals surface area contributed by atoms with Crippen LogP contribution in [0.2, 0.25) is 0 Å². The van der Waals surface area contributed by atoms with Crippen molar-refractivity contribution < 1.29 is 28.5 Å². The van der Waals surface area contributed by atoms with Crippen LogP contribution >= 0.6 is 28.1 Å². The van der Waals surface area contributed by atoms with Gasteiger partial charge in [0.1, 0.15) is 12.4 Å². The Labute approximate surface area is 269 Å². The van der Waals surface area contributed by atoms with Crippen molar-refractivity contribution in [1.82, 2.24) is 16.1 Å². The highest BCUT2D eigenvalue weighted by Gasteiger charge is 2.32. The van der Waals surface area contributed by atoms with Crippen LogP contribution in [0.25, 0.3) is 0 Å². The molecule has 230 valence electrons. The monoisotopic (exact) mass is 680 g/mol. The zero-order chi connectivity index (χ0) is 31.6. The van der Waals surface area contributed by atoms with Crippen LogP contribution in [-0.4, -0.2) is 43.5 Å². The number of nitrogens with zero attached hydrogens (tertiary/aromatic N) is 1. The Hall–Kier alpha value is -4.42. The van der Waals surface area contributed by atoms with Gasteiger partial charge in [-0.05, 0) is 78.2 Å². The zero-order valence-electron chi connectivity index (χ0n) is 24.7. The van der Waals surface area contributed by atoms with Crippen molar-refractivity contribution in [2.45, 2.75) is 33.4 Å². The van der Waals surface area contributed by atoms with E-state index in [-0.39, 0.29) is 13.2 Å². The van der Waals surface area contributed by atoms with Crippen molar-refractivity contribution in [1.29, 1.82) is 0 Å². The predicted octanol–water partition coefficient (Wildman–Crippen LogP) is 5.23. The number of methoxy groups -OCH3 is 1. The molecule has 4 rings (SSSR count). The van der Waals surface area contributed by atoms with Gasteiger partial charge >= 0.3 is 5.97 Å². The van der Waals surface area contributed by atoms with Gasteiger partial charge in [0.15, 0.2) is 23.2 Å². The fraction of sp³-hybridized carbons (Fsp3) is 0.250. The van der Waals surface area contributed by atoms with E-state index >= 15 is 0 Å². The molecule has 1 aliphatic heterocycles. The van der Waals surface area contributed by atoms with E-state index in [0.717, 1.165) is 5.56 Å². The van der Waals surface area contributed by atoms with Crippen LogP contribution < -0.4 is 30.3 Å². The maximum atomic E-state index is 12.8. The molecule has 3 aromatic rings. The molecule has 0 aromatic heterocycles. The number of carbonyl (C=O) groups excluding carboxylic acids is 2. The summed E-state index contributed by atoms with van der Waals surface area (Å²) in [5.74, 6) is 0.510. The Morgan fingerprint density at radius 2 is 1.82 bits per heavy atom. The van der Waals surface area contributed by atoms with E-state index in [1.54, 1.807) is 45.2 Å². The van der Waals surface area contributed by atoms with Crippen molar-refractivity contribution in [2.75, 3.05) is 20.3 Å². The summed E-state index contributed by atoms with van der Waals surface area (Å²) in [6.45, 7) is 5.80. The number of para-hydroxylation sites is 1. The Kier molecular flexibility index (Phi) is 11.3. The minimum atomic E-state index is -0.627. The van der Waals surface area contributed by atoms with E-state index in [1.165, 1.54) is 11.8 Å². The second-order valence-corrected chi connectivity index (χ2v) is 11.0.